The van der Waals surface area contributed by atoms with Crippen LogP contribution in [0.2, 0.25) is 0 Å². The van der Waals surface area contributed by atoms with Crippen LogP contribution in [0.1, 0.15) is 26.7 Å². The molecule has 0 heterocycles. The number of methoxy groups -OCH3 is 1. The van der Waals surface area contributed by atoms with Crippen molar-refractivity contribution < 1.29 is 9.57 Å². The minimum absolute atomic E-state index is 0.623. The molecule has 12 heavy (non-hydrogen) atoms. The van der Waals surface area contributed by atoms with E-state index in [0.717, 1.165) is 12.5 Å². The lowest BCUT2D eigenvalue weighted by Crippen LogP contribution is -2.19. The van der Waals surface area contributed by atoms with E-state index in [1.165, 1.54) is 12.8 Å². The van der Waals surface area contributed by atoms with Crippen LogP contribution in [0.4, 0.5) is 0 Å². The summed E-state index contributed by atoms with van der Waals surface area (Å²) in [5.74, 6) is 0.783. The monoisotopic (exact) mass is 175 g/mol. The highest BCUT2D eigenvalue weighted by Crippen LogP contribution is 2.01. The third-order valence-electron chi connectivity index (χ3n) is 1.55. The highest BCUT2D eigenvalue weighted by atomic mass is 16.7. The Morgan fingerprint density at radius 2 is 2.00 bits per heavy atom. The number of ether oxygens (including phenoxy) is 1. The minimum Gasteiger partial charge on any atom is -0.382 e. The van der Waals surface area contributed by atoms with Gasteiger partial charge in [0.15, 0.2) is 0 Å². The summed E-state index contributed by atoms with van der Waals surface area (Å²) in [6, 6.07) is 0. The molecule has 3 nitrogen and oxygen atoms in total. The molecule has 0 bridgehead atoms. The van der Waals surface area contributed by atoms with Crippen LogP contribution in [0.5, 0.6) is 0 Å². The first-order valence-electron chi connectivity index (χ1n) is 4.61. The maximum atomic E-state index is 5.08. The van der Waals surface area contributed by atoms with Crippen molar-refractivity contribution in [1.82, 2.24) is 5.48 Å². The molecule has 0 amide bonds. The van der Waals surface area contributed by atoms with Crippen LogP contribution in [0.3, 0.4) is 0 Å². The van der Waals surface area contributed by atoms with E-state index in [2.05, 4.69) is 19.3 Å². The van der Waals surface area contributed by atoms with Gasteiger partial charge in [0, 0.05) is 13.7 Å². The lowest BCUT2D eigenvalue weighted by molar-refractivity contribution is 0.00620. The number of hydroxylamine groups is 1. The van der Waals surface area contributed by atoms with Crippen LogP contribution in [0.15, 0.2) is 0 Å². The molecule has 0 atom stereocenters. The minimum atomic E-state index is 0.623. The van der Waals surface area contributed by atoms with E-state index in [4.69, 9.17) is 9.57 Å². The number of hydrogen-bond donors (Lipinski definition) is 1. The van der Waals surface area contributed by atoms with Gasteiger partial charge in [-0.1, -0.05) is 13.8 Å². The Labute approximate surface area is 75.4 Å². The molecule has 0 aliphatic carbocycles. The van der Waals surface area contributed by atoms with Gasteiger partial charge in [0.1, 0.15) is 0 Å². The van der Waals surface area contributed by atoms with Gasteiger partial charge in [-0.25, -0.2) is 5.48 Å². The highest BCUT2D eigenvalue weighted by Gasteiger charge is 1.93. The predicted molar refractivity (Wildman–Crippen MR) is 49.9 cm³/mol. The normalized spacial score (nSPS) is 11.0. The average molecular weight is 175 g/mol. The van der Waals surface area contributed by atoms with Crippen molar-refractivity contribution >= 4 is 0 Å². The highest BCUT2D eigenvalue weighted by molar-refractivity contribution is 4.45. The Bertz CT molecular complexity index is 86.6. The number of rotatable bonds is 8. The van der Waals surface area contributed by atoms with Gasteiger partial charge < -0.3 is 4.74 Å². The summed E-state index contributed by atoms with van der Waals surface area (Å²) < 4.78 is 4.82. The SMILES string of the molecule is COCCONCCCC(C)C. The van der Waals surface area contributed by atoms with Crippen molar-refractivity contribution in [2.75, 3.05) is 26.9 Å². The zero-order valence-electron chi connectivity index (χ0n) is 8.43. The summed E-state index contributed by atoms with van der Waals surface area (Å²) in [6.45, 7) is 6.66. The maximum absolute atomic E-state index is 5.08. The summed E-state index contributed by atoms with van der Waals surface area (Å²) in [5, 5.41) is 0. The molecule has 1 N–H and O–H groups in total. The number of hydrogen-bond acceptors (Lipinski definition) is 3. The van der Waals surface area contributed by atoms with Crippen molar-refractivity contribution in [1.29, 1.82) is 0 Å². The van der Waals surface area contributed by atoms with Crippen LogP contribution >= 0.6 is 0 Å². The van der Waals surface area contributed by atoms with Crippen LogP contribution in [-0.2, 0) is 9.57 Å². The lowest BCUT2D eigenvalue weighted by atomic mass is 10.1. The molecule has 0 aromatic rings. The molecule has 0 rings (SSSR count). The van der Waals surface area contributed by atoms with E-state index in [1.807, 2.05) is 0 Å². The first-order chi connectivity index (χ1) is 5.77. The second-order valence-electron chi connectivity index (χ2n) is 3.27. The molecule has 0 saturated carbocycles. The quantitative estimate of drug-likeness (QED) is 0.449. The second-order valence-corrected chi connectivity index (χ2v) is 3.27. The molecule has 0 saturated heterocycles. The van der Waals surface area contributed by atoms with Gasteiger partial charge in [-0.3, -0.25) is 4.84 Å². The molecule has 0 aliphatic rings. The van der Waals surface area contributed by atoms with Gasteiger partial charge in [0.2, 0.25) is 0 Å². The van der Waals surface area contributed by atoms with Gasteiger partial charge in [-0.05, 0) is 18.8 Å². The molecule has 0 unspecified atom stereocenters. The molecule has 0 aromatic carbocycles. The van der Waals surface area contributed by atoms with E-state index in [9.17, 15) is 0 Å². The van der Waals surface area contributed by atoms with Crippen molar-refractivity contribution in [2.24, 2.45) is 5.92 Å². The van der Waals surface area contributed by atoms with Gasteiger partial charge in [0.25, 0.3) is 0 Å². The standard InChI is InChI=1S/C9H21NO2/c1-9(2)5-4-6-10-12-8-7-11-3/h9-10H,4-8H2,1-3H3. The summed E-state index contributed by atoms with van der Waals surface area (Å²) in [5.41, 5.74) is 2.90. The summed E-state index contributed by atoms with van der Waals surface area (Å²) >= 11 is 0. The predicted octanol–water partition coefficient (Wildman–Crippen LogP) is 1.59. The molecule has 0 aliphatic heterocycles. The Hall–Kier alpha value is -0.120. The summed E-state index contributed by atoms with van der Waals surface area (Å²) in [7, 11) is 1.67. The summed E-state index contributed by atoms with van der Waals surface area (Å²) in [4.78, 5) is 5.08. The van der Waals surface area contributed by atoms with E-state index in [-0.39, 0.29) is 0 Å². The van der Waals surface area contributed by atoms with Crippen LogP contribution in [0, 0.1) is 5.92 Å². The fourth-order valence-electron chi connectivity index (χ4n) is 0.852. The Kier molecular flexibility index (Phi) is 8.88. The van der Waals surface area contributed by atoms with Crippen LogP contribution in [-0.4, -0.2) is 26.9 Å². The van der Waals surface area contributed by atoms with Crippen LogP contribution < -0.4 is 5.48 Å². The molecule has 0 fully saturated rings. The molecule has 0 aromatic heterocycles. The molecule has 74 valence electrons. The first-order valence-corrected chi connectivity index (χ1v) is 4.61. The fourth-order valence-corrected chi connectivity index (χ4v) is 0.852. The zero-order valence-corrected chi connectivity index (χ0v) is 8.43. The van der Waals surface area contributed by atoms with Crippen LogP contribution in [0.25, 0.3) is 0 Å². The van der Waals surface area contributed by atoms with Crippen molar-refractivity contribution in [3.05, 3.63) is 0 Å². The Morgan fingerprint density at radius 3 is 2.58 bits per heavy atom. The van der Waals surface area contributed by atoms with Crippen molar-refractivity contribution in [2.45, 2.75) is 26.7 Å². The average Bonchev–Trinajstić information content (AvgIpc) is 2.02. The number of nitrogens with one attached hydrogen (secondary N) is 1. The summed E-state index contributed by atoms with van der Waals surface area (Å²) in [6.07, 6.45) is 2.42. The Balaban J connectivity index is 2.82. The van der Waals surface area contributed by atoms with Gasteiger partial charge in [0.05, 0.1) is 13.2 Å². The third kappa shape index (κ3) is 9.88. The van der Waals surface area contributed by atoms with Crippen molar-refractivity contribution in [3.63, 3.8) is 0 Å². The van der Waals surface area contributed by atoms with E-state index < -0.39 is 0 Å². The van der Waals surface area contributed by atoms with E-state index in [1.54, 1.807) is 7.11 Å². The van der Waals surface area contributed by atoms with E-state index in [0.29, 0.717) is 13.2 Å². The molecular weight excluding hydrogens is 154 g/mol. The van der Waals surface area contributed by atoms with Gasteiger partial charge >= 0.3 is 0 Å². The molecule has 3 heteroatoms. The largest absolute Gasteiger partial charge is 0.382 e. The van der Waals surface area contributed by atoms with Crippen molar-refractivity contribution in [3.8, 4) is 0 Å². The maximum Gasteiger partial charge on any atom is 0.0915 e. The molecular formula is C9H21NO2. The lowest BCUT2D eigenvalue weighted by Gasteiger charge is -2.06. The van der Waals surface area contributed by atoms with Gasteiger partial charge in [-0.2, -0.15) is 0 Å². The fraction of sp³-hybridized carbons (Fsp3) is 1.00. The topological polar surface area (TPSA) is 30.5 Å². The van der Waals surface area contributed by atoms with Gasteiger partial charge in [-0.15, -0.1) is 0 Å². The molecule has 0 radical (unpaired) electrons. The van der Waals surface area contributed by atoms with E-state index >= 15 is 0 Å². The second kappa shape index (κ2) is 8.97. The zero-order chi connectivity index (χ0) is 9.23. The third-order valence-corrected chi connectivity index (χ3v) is 1.55. The first kappa shape index (κ1) is 11.9. The molecule has 0 spiro atoms. The Morgan fingerprint density at radius 1 is 1.25 bits per heavy atom. The smallest absolute Gasteiger partial charge is 0.0915 e.